The Bertz CT molecular complexity index is 670. The Kier molecular flexibility index (Phi) is 6.94. The molecular formula is C20H26O6. The van der Waals surface area contributed by atoms with Crippen LogP contribution in [0.15, 0.2) is 47.1 Å². The number of ether oxygens (including phenoxy) is 2. The monoisotopic (exact) mass is 362 g/mol. The van der Waals surface area contributed by atoms with Gasteiger partial charge < -0.3 is 19.7 Å². The number of hydrogen-bond acceptors (Lipinski definition) is 6. The molecule has 142 valence electrons. The van der Waals surface area contributed by atoms with Gasteiger partial charge in [-0.2, -0.15) is 0 Å². The molecule has 0 unspecified atom stereocenters. The van der Waals surface area contributed by atoms with E-state index in [2.05, 4.69) is 12.7 Å². The molecule has 2 N–H and O–H groups in total. The Morgan fingerprint density at radius 2 is 2.12 bits per heavy atom. The van der Waals surface area contributed by atoms with Gasteiger partial charge in [0, 0.05) is 12.0 Å². The van der Waals surface area contributed by atoms with Crippen LogP contribution in [0.2, 0.25) is 0 Å². The average Bonchev–Trinajstić information content (AvgIpc) is 2.85. The van der Waals surface area contributed by atoms with Crippen molar-refractivity contribution in [2.24, 2.45) is 5.92 Å². The zero-order chi connectivity index (χ0) is 19.3. The van der Waals surface area contributed by atoms with Gasteiger partial charge in [0.05, 0.1) is 24.7 Å². The molecule has 0 amide bonds. The van der Waals surface area contributed by atoms with Gasteiger partial charge in [0.2, 0.25) is 0 Å². The number of carbonyl (C=O) groups is 2. The number of hydrogen-bond donors (Lipinski definition) is 2. The molecule has 2 aliphatic rings. The van der Waals surface area contributed by atoms with E-state index in [0.29, 0.717) is 6.42 Å². The third kappa shape index (κ3) is 4.71. The maximum Gasteiger partial charge on any atom is 0.336 e. The van der Waals surface area contributed by atoms with Gasteiger partial charge in [-0.1, -0.05) is 23.8 Å². The Balaban J connectivity index is 2.36. The van der Waals surface area contributed by atoms with Gasteiger partial charge in [-0.15, -0.1) is 0 Å². The molecule has 6 nitrogen and oxygen atoms in total. The van der Waals surface area contributed by atoms with E-state index in [1.54, 1.807) is 0 Å². The summed E-state index contributed by atoms with van der Waals surface area (Å²) in [5, 5.41) is 18.3. The highest BCUT2D eigenvalue weighted by molar-refractivity contribution is 5.92. The fourth-order valence-electron chi connectivity index (χ4n) is 3.27. The number of esters is 2. The summed E-state index contributed by atoms with van der Waals surface area (Å²) in [7, 11) is 0. The Morgan fingerprint density at radius 3 is 2.77 bits per heavy atom. The maximum atomic E-state index is 12.4. The summed E-state index contributed by atoms with van der Waals surface area (Å²) in [5.74, 6) is -1.70. The number of rotatable bonds is 4. The Morgan fingerprint density at radius 1 is 1.38 bits per heavy atom. The van der Waals surface area contributed by atoms with Crippen molar-refractivity contribution in [1.29, 1.82) is 0 Å². The van der Waals surface area contributed by atoms with Crippen LogP contribution in [0.25, 0.3) is 0 Å². The predicted molar refractivity (Wildman–Crippen MR) is 96.0 cm³/mol. The second-order valence-corrected chi connectivity index (χ2v) is 6.74. The fraction of sp³-hybridized carbons (Fsp3) is 0.500. The molecule has 0 aromatic rings. The summed E-state index contributed by atoms with van der Waals surface area (Å²) in [4.78, 5) is 24.4. The topological polar surface area (TPSA) is 93.1 Å². The van der Waals surface area contributed by atoms with E-state index in [4.69, 9.17) is 14.6 Å². The van der Waals surface area contributed by atoms with Crippen molar-refractivity contribution in [3.63, 3.8) is 0 Å². The van der Waals surface area contributed by atoms with Crippen LogP contribution < -0.4 is 0 Å². The smallest absolute Gasteiger partial charge is 0.336 e. The summed E-state index contributed by atoms with van der Waals surface area (Å²) in [5.41, 5.74) is 2.39. The molecule has 0 radical (unpaired) electrons. The van der Waals surface area contributed by atoms with Crippen molar-refractivity contribution in [2.75, 3.05) is 13.2 Å². The highest BCUT2D eigenvalue weighted by atomic mass is 16.6. The summed E-state index contributed by atoms with van der Waals surface area (Å²) >= 11 is 0. The molecule has 1 aliphatic carbocycles. The lowest BCUT2D eigenvalue weighted by atomic mass is 9.85. The van der Waals surface area contributed by atoms with Crippen LogP contribution in [0.1, 0.15) is 33.1 Å². The Hall–Kier alpha value is -2.18. The van der Waals surface area contributed by atoms with E-state index >= 15 is 0 Å². The quantitative estimate of drug-likeness (QED) is 0.451. The standard InChI is InChI=1S/C20H26O6/c1-12-5-4-6-13(2)10-17(26-20(24)15(11-22)7-8-21)18-14(3)19(23)25-16(18)9-12/h6-7,9,16-18,21-22H,3-5,8,10-11H2,1-2H3/b12-9+,13-6+,15-7-/t16-,17-,18+/m1/s1. The molecule has 1 fully saturated rings. The molecule has 0 saturated carbocycles. The van der Waals surface area contributed by atoms with Gasteiger partial charge in [0.1, 0.15) is 12.2 Å². The summed E-state index contributed by atoms with van der Waals surface area (Å²) in [6.07, 6.45) is 6.17. The molecule has 0 aromatic heterocycles. The minimum Gasteiger partial charge on any atom is -0.458 e. The molecule has 1 heterocycles. The lowest BCUT2D eigenvalue weighted by molar-refractivity contribution is -0.147. The van der Waals surface area contributed by atoms with Gasteiger partial charge in [-0.05, 0) is 38.8 Å². The van der Waals surface area contributed by atoms with Crippen LogP contribution in [0, 0.1) is 5.92 Å². The van der Waals surface area contributed by atoms with Gasteiger partial charge in [-0.3, -0.25) is 0 Å². The number of carbonyl (C=O) groups excluding carboxylic acids is 2. The van der Waals surface area contributed by atoms with E-state index in [9.17, 15) is 14.7 Å². The maximum absolute atomic E-state index is 12.4. The first-order chi connectivity index (χ1) is 12.4. The van der Waals surface area contributed by atoms with Crippen LogP contribution in [0.4, 0.5) is 0 Å². The van der Waals surface area contributed by atoms with Crippen molar-refractivity contribution >= 4 is 11.9 Å². The third-order valence-corrected chi connectivity index (χ3v) is 4.69. The summed E-state index contributed by atoms with van der Waals surface area (Å²) < 4.78 is 11.1. The van der Waals surface area contributed by atoms with Crippen molar-refractivity contribution in [2.45, 2.75) is 45.3 Å². The predicted octanol–water partition coefficient (Wildman–Crippen LogP) is 1.98. The number of fused-ring (bicyclic) bond motifs is 1. The van der Waals surface area contributed by atoms with Gasteiger partial charge >= 0.3 is 11.9 Å². The largest absolute Gasteiger partial charge is 0.458 e. The molecule has 3 atom stereocenters. The van der Waals surface area contributed by atoms with Crippen LogP contribution in [0.5, 0.6) is 0 Å². The van der Waals surface area contributed by atoms with Crippen LogP contribution >= 0.6 is 0 Å². The number of aliphatic hydroxyl groups is 2. The van der Waals surface area contributed by atoms with Crippen LogP contribution in [-0.4, -0.2) is 47.6 Å². The van der Waals surface area contributed by atoms with Crippen LogP contribution in [0.3, 0.4) is 0 Å². The van der Waals surface area contributed by atoms with Crippen LogP contribution in [-0.2, 0) is 19.1 Å². The van der Waals surface area contributed by atoms with Crippen molar-refractivity contribution < 1.29 is 29.3 Å². The van der Waals surface area contributed by atoms with Crippen molar-refractivity contribution in [1.82, 2.24) is 0 Å². The second-order valence-electron chi connectivity index (χ2n) is 6.74. The van der Waals surface area contributed by atoms with Crippen molar-refractivity contribution in [3.05, 3.63) is 47.1 Å². The third-order valence-electron chi connectivity index (χ3n) is 4.69. The molecule has 2 rings (SSSR count). The van der Waals surface area contributed by atoms with E-state index in [-0.39, 0.29) is 17.8 Å². The summed E-state index contributed by atoms with van der Waals surface area (Å²) in [6, 6.07) is 0. The van der Waals surface area contributed by atoms with Gasteiger partial charge in [-0.25, -0.2) is 9.59 Å². The molecule has 1 saturated heterocycles. The minimum absolute atomic E-state index is 0.0228. The molecule has 6 heteroatoms. The lowest BCUT2D eigenvalue weighted by Gasteiger charge is -2.27. The molecule has 0 aromatic carbocycles. The Labute approximate surface area is 153 Å². The zero-order valence-electron chi connectivity index (χ0n) is 15.2. The zero-order valence-corrected chi connectivity index (χ0v) is 15.2. The number of aliphatic hydroxyl groups excluding tert-OH is 2. The molecule has 0 bridgehead atoms. The first kappa shape index (κ1) is 20.1. The number of allylic oxidation sites excluding steroid dienone is 2. The summed E-state index contributed by atoms with van der Waals surface area (Å²) in [6.45, 7) is 6.85. The van der Waals surface area contributed by atoms with E-state index < -0.39 is 36.7 Å². The SMILES string of the molecule is C=C1C(=O)O[C@@H]2/C=C(\C)CC/C=C(\C)C[C@@H](OC(=O)/C(=C\CO)CO)[C@@H]12. The van der Waals surface area contributed by atoms with E-state index in [0.717, 1.165) is 24.0 Å². The molecule has 0 spiro atoms. The lowest BCUT2D eigenvalue weighted by Crippen LogP contribution is -2.34. The van der Waals surface area contributed by atoms with Gasteiger partial charge in [0.15, 0.2) is 0 Å². The van der Waals surface area contributed by atoms with Gasteiger partial charge in [0.25, 0.3) is 0 Å². The van der Waals surface area contributed by atoms with E-state index in [1.165, 1.54) is 6.08 Å². The van der Waals surface area contributed by atoms with Crippen molar-refractivity contribution in [3.8, 4) is 0 Å². The first-order valence-electron chi connectivity index (χ1n) is 8.71. The average molecular weight is 362 g/mol. The fourth-order valence-corrected chi connectivity index (χ4v) is 3.27. The normalized spacial score (nSPS) is 31.2. The highest BCUT2D eigenvalue weighted by Crippen LogP contribution is 2.36. The van der Waals surface area contributed by atoms with E-state index in [1.807, 2.05) is 19.9 Å². The molecule has 26 heavy (non-hydrogen) atoms. The highest BCUT2D eigenvalue weighted by Gasteiger charge is 2.44. The second kappa shape index (κ2) is 8.96. The molecule has 1 aliphatic heterocycles. The minimum atomic E-state index is -0.719. The first-order valence-corrected chi connectivity index (χ1v) is 8.71. The molecular weight excluding hydrogens is 336 g/mol.